The maximum Gasteiger partial charge on any atom is 0.244 e. The number of benzene rings is 2. The van der Waals surface area contributed by atoms with Crippen molar-refractivity contribution in [3.63, 3.8) is 0 Å². The minimum Gasteiger partial charge on any atom is -0.350 e. The van der Waals surface area contributed by atoms with E-state index in [9.17, 15) is 13.2 Å². The predicted molar refractivity (Wildman–Crippen MR) is 126 cm³/mol. The third-order valence-corrected chi connectivity index (χ3v) is 7.01. The number of sulfonamides is 1. The Morgan fingerprint density at radius 2 is 1.71 bits per heavy atom. The molecule has 2 aromatic carbocycles. The summed E-state index contributed by atoms with van der Waals surface area (Å²) in [6.07, 6.45) is 3.91. The average Bonchev–Trinajstić information content (AvgIpc) is 3.24. The van der Waals surface area contributed by atoms with Crippen molar-refractivity contribution in [2.75, 3.05) is 23.7 Å². The van der Waals surface area contributed by atoms with Gasteiger partial charge in [-0.3, -0.25) is 14.0 Å². The van der Waals surface area contributed by atoms with Crippen LogP contribution in [0.4, 0.5) is 5.69 Å². The Morgan fingerprint density at radius 3 is 2.29 bits per heavy atom. The Bertz CT molecular complexity index is 989. The van der Waals surface area contributed by atoms with Gasteiger partial charge in [-0.1, -0.05) is 42.8 Å². The summed E-state index contributed by atoms with van der Waals surface area (Å²) < 4.78 is 26.3. The molecule has 1 atom stereocenters. The van der Waals surface area contributed by atoms with Crippen LogP contribution in [0.1, 0.15) is 37.3 Å². The van der Waals surface area contributed by atoms with Crippen LogP contribution in [0.2, 0.25) is 5.02 Å². The number of anilines is 1. The van der Waals surface area contributed by atoms with Crippen molar-refractivity contribution in [3.8, 4) is 0 Å². The van der Waals surface area contributed by atoms with Crippen molar-refractivity contribution in [3.05, 3.63) is 64.7 Å². The molecule has 31 heavy (non-hydrogen) atoms. The minimum atomic E-state index is -3.67. The number of carbonyl (C=O) groups excluding carboxylic acids is 1. The lowest BCUT2D eigenvalue weighted by molar-refractivity contribution is -0.122. The molecule has 0 aromatic heterocycles. The number of carbonyl (C=O) groups is 1. The summed E-state index contributed by atoms with van der Waals surface area (Å²) in [4.78, 5) is 15.5. The number of nitrogens with one attached hydrogen (secondary N) is 1. The van der Waals surface area contributed by atoms with Crippen LogP contribution >= 0.6 is 11.6 Å². The first-order valence-electron chi connectivity index (χ1n) is 10.6. The molecule has 1 aliphatic rings. The van der Waals surface area contributed by atoms with Gasteiger partial charge in [0.25, 0.3) is 0 Å². The summed E-state index contributed by atoms with van der Waals surface area (Å²) >= 11 is 5.95. The minimum absolute atomic E-state index is 0.321. The van der Waals surface area contributed by atoms with Crippen molar-refractivity contribution in [1.82, 2.24) is 10.2 Å². The van der Waals surface area contributed by atoms with Crippen LogP contribution in [0.15, 0.2) is 48.5 Å². The summed E-state index contributed by atoms with van der Waals surface area (Å²) in [5.74, 6) is -0.321. The lowest BCUT2D eigenvalue weighted by Crippen LogP contribution is -2.49. The second-order valence-electron chi connectivity index (χ2n) is 7.93. The highest BCUT2D eigenvalue weighted by atomic mass is 35.5. The fourth-order valence-corrected chi connectivity index (χ4v) is 5.35. The van der Waals surface area contributed by atoms with E-state index in [1.807, 2.05) is 18.2 Å². The van der Waals surface area contributed by atoms with Gasteiger partial charge in [0, 0.05) is 18.1 Å². The number of hydrogen-bond acceptors (Lipinski definition) is 4. The SMILES string of the molecule is CCC(C(=O)NCc1ccccc1CN1CCCC1)N(c1ccc(Cl)cc1)S(C)(=O)=O. The fourth-order valence-electron chi connectivity index (χ4n) is 4.01. The van der Waals surface area contributed by atoms with E-state index >= 15 is 0 Å². The zero-order valence-corrected chi connectivity index (χ0v) is 19.6. The number of likely N-dealkylation sites (tertiary alicyclic amines) is 1. The quantitative estimate of drug-likeness (QED) is 0.614. The highest BCUT2D eigenvalue weighted by Crippen LogP contribution is 2.24. The molecule has 1 heterocycles. The summed E-state index contributed by atoms with van der Waals surface area (Å²) in [6.45, 7) is 5.23. The summed E-state index contributed by atoms with van der Waals surface area (Å²) in [6, 6.07) is 13.7. The Balaban J connectivity index is 1.75. The molecule has 1 fully saturated rings. The molecule has 6 nitrogen and oxygen atoms in total. The molecule has 3 rings (SSSR count). The van der Waals surface area contributed by atoms with E-state index in [0.717, 1.165) is 31.5 Å². The van der Waals surface area contributed by atoms with Crippen LogP contribution in [-0.2, 0) is 27.9 Å². The van der Waals surface area contributed by atoms with E-state index in [2.05, 4.69) is 16.3 Å². The van der Waals surface area contributed by atoms with Crippen molar-refractivity contribution >= 4 is 33.2 Å². The lowest BCUT2D eigenvalue weighted by Gasteiger charge is -2.30. The van der Waals surface area contributed by atoms with E-state index in [4.69, 9.17) is 11.6 Å². The third-order valence-electron chi connectivity index (χ3n) is 5.57. The Morgan fingerprint density at radius 1 is 1.10 bits per heavy atom. The van der Waals surface area contributed by atoms with Gasteiger partial charge in [0.15, 0.2) is 0 Å². The van der Waals surface area contributed by atoms with E-state index < -0.39 is 16.1 Å². The average molecular weight is 464 g/mol. The summed E-state index contributed by atoms with van der Waals surface area (Å²) in [5, 5.41) is 3.46. The molecule has 168 valence electrons. The van der Waals surface area contributed by atoms with Crippen LogP contribution in [0.3, 0.4) is 0 Å². The first-order valence-corrected chi connectivity index (χ1v) is 12.8. The second kappa shape index (κ2) is 10.5. The number of rotatable bonds is 9. The van der Waals surface area contributed by atoms with Crippen molar-refractivity contribution in [2.24, 2.45) is 0 Å². The highest BCUT2D eigenvalue weighted by molar-refractivity contribution is 7.92. The van der Waals surface area contributed by atoms with Crippen LogP contribution in [0, 0.1) is 0 Å². The number of nitrogens with zero attached hydrogens (tertiary/aromatic N) is 2. The highest BCUT2D eigenvalue weighted by Gasteiger charge is 2.31. The second-order valence-corrected chi connectivity index (χ2v) is 10.2. The smallest absolute Gasteiger partial charge is 0.244 e. The van der Waals surface area contributed by atoms with Gasteiger partial charge in [-0.25, -0.2) is 8.42 Å². The van der Waals surface area contributed by atoms with Gasteiger partial charge in [-0.2, -0.15) is 0 Å². The molecule has 2 aromatic rings. The van der Waals surface area contributed by atoms with E-state index in [1.165, 1.54) is 22.7 Å². The van der Waals surface area contributed by atoms with Crippen LogP contribution in [0.25, 0.3) is 0 Å². The van der Waals surface area contributed by atoms with Gasteiger partial charge in [0.1, 0.15) is 6.04 Å². The van der Waals surface area contributed by atoms with Gasteiger partial charge < -0.3 is 5.32 Å². The molecule has 8 heteroatoms. The summed E-state index contributed by atoms with van der Waals surface area (Å²) in [7, 11) is -3.67. The Kier molecular flexibility index (Phi) is 7.97. The van der Waals surface area contributed by atoms with Gasteiger partial charge in [0.2, 0.25) is 15.9 Å². The number of amides is 1. The van der Waals surface area contributed by atoms with Crippen LogP contribution in [0.5, 0.6) is 0 Å². The standard InChI is InChI=1S/C23H30ClN3O3S/c1-3-22(27(31(2,29)30)21-12-10-20(24)11-13-21)23(28)25-16-18-8-4-5-9-19(18)17-26-14-6-7-15-26/h4-5,8-13,22H,3,6-7,14-17H2,1-2H3,(H,25,28). The molecule has 0 aliphatic carbocycles. The fraction of sp³-hybridized carbons (Fsp3) is 0.435. The molecule has 0 spiro atoms. The molecular weight excluding hydrogens is 434 g/mol. The van der Waals surface area contributed by atoms with Gasteiger partial charge in [-0.05, 0) is 67.7 Å². The van der Waals surface area contributed by atoms with Crippen LogP contribution < -0.4 is 9.62 Å². The normalized spacial score (nSPS) is 15.6. The maximum absolute atomic E-state index is 13.1. The largest absolute Gasteiger partial charge is 0.350 e. The van der Waals surface area contributed by atoms with Gasteiger partial charge >= 0.3 is 0 Å². The first-order chi connectivity index (χ1) is 14.8. The molecule has 0 radical (unpaired) electrons. The first kappa shape index (κ1) is 23.6. The van der Waals surface area contributed by atoms with E-state index in [1.54, 1.807) is 31.2 Å². The topological polar surface area (TPSA) is 69.7 Å². The summed E-state index contributed by atoms with van der Waals surface area (Å²) in [5.41, 5.74) is 2.66. The van der Waals surface area contributed by atoms with Crippen molar-refractivity contribution in [2.45, 2.75) is 45.3 Å². The molecule has 0 saturated carbocycles. The lowest BCUT2D eigenvalue weighted by atomic mass is 10.1. The number of halogens is 1. The van der Waals surface area contributed by atoms with Crippen molar-refractivity contribution in [1.29, 1.82) is 0 Å². The molecule has 1 aliphatic heterocycles. The van der Waals surface area contributed by atoms with Crippen molar-refractivity contribution < 1.29 is 13.2 Å². The Hall–Kier alpha value is -2.09. The van der Waals surface area contributed by atoms with Gasteiger partial charge in [0.05, 0.1) is 11.9 Å². The number of hydrogen-bond donors (Lipinski definition) is 1. The predicted octanol–water partition coefficient (Wildman–Crippen LogP) is 3.80. The Labute approximate surface area is 190 Å². The monoisotopic (exact) mass is 463 g/mol. The molecule has 0 bridgehead atoms. The molecular formula is C23H30ClN3O3S. The zero-order valence-electron chi connectivity index (χ0n) is 18.1. The van der Waals surface area contributed by atoms with Crippen LogP contribution in [-0.4, -0.2) is 44.6 Å². The van der Waals surface area contributed by atoms with Gasteiger partial charge in [-0.15, -0.1) is 0 Å². The maximum atomic E-state index is 13.1. The van der Waals surface area contributed by atoms with E-state index in [0.29, 0.717) is 23.7 Å². The molecule has 1 N–H and O–H groups in total. The van der Waals surface area contributed by atoms with E-state index in [-0.39, 0.29) is 5.91 Å². The molecule has 1 unspecified atom stereocenters. The third kappa shape index (κ3) is 6.21. The zero-order chi connectivity index (χ0) is 22.4. The molecule has 1 amide bonds. The molecule has 1 saturated heterocycles.